The minimum atomic E-state index is -5.08. The third-order valence-corrected chi connectivity index (χ3v) is 10.2. The second-order valence-corrected chi connectivity index (χ2v) is 14.6. The van der Waals surface area contributed by atoms with Crippen LogP contribution in [0, 0.1) is 11.6 Å². The van der Waals surface area contributed by atoms with E-state index in [1.165, 1.54) is 38.1 Å². The quantitative estimate of drug-likeness (QED) is 0.324. The molecule has 0 bridgehead atoms. The van der Waals surface area contributed by atoms with Crippen molar-refractivity contribution in [3.8, 4) is 0 Å². The molecule has 1 heterocycles. The van der Waals surface area contributed by atoms with E-state index in [9.17, 15) is 48.4 Å². The van der Waals surface area contributed by atoms with E-state index in [0.717, 1.165) is 35.6 Å². The van der Waals surface area contributed by atoms with Gasteiger partial charge < -0.3 is 10.2 Å². The number of halogens is 5. The van der Waals surface area contributed by atoms with Crippen molar-refractivity contribution < 1.29 is 48.4 Å². The summed E-state index contributed by atoms with van der Waals surface area (Å²) in [5.41, 5.74) is -3.31. The Morgan fingerprint density at radius 2 is 1.64 bits per heavy atom. The van der Waals surface area contributed by atoms with Crippen molar-refractivity contribution in [2.45, 2.75) is 44.6 Å². The lowest BCUT2D eigenvalue weighted by atomic mass is 10.0. The summed E-state index contributed by atoms with van der Waals surface area (Å²) in [7, 11) is -8.34. The Labute approximate surface area is 250 Å². The van der Waals surface area contributed by atoms with Crippen LogP contribution in [-0.2, 0) is 37.6 Å². The van der Waals surface area contributed by atoms with Crippen LogP contribution < -0.4 is 10.2 Å². The molecule has 0 aromatic heterocycles. The van der Waals surface area contributed by atoms with Crippen molar-refractivity contribution in [2.24, 2.45) is 0 Å². The first kappa shape index (κ1) is 32.9. The van der Waals surface area contributed by atoms with Crippen LogP contribution >= 0.6 is 0 Å². The smallest absolute Gasteiger partial charge is 0.378 e. The van der Waals surface area contributed by atoms with E-state index in [2.05, 4.69) is 5.32 Å². The largest absolute Gasteiger partial charge is 0.419 e. The fraction of sp³-hybridized carbons (Fsp3) is 0.333. The molecular formula is C27H27F5N4O6S2. The van der Waals surface area contributed by atoms with Crippen molar-refractivity contribution in [3.63, 3.8) is 0 Å². The molecule has 0 radical (unpaired) electrons. The van der Waals surface area contributed by atoms with E-state index < -0.39 is 72.6 Å². The summed E-state index contributed by atoms with van der Waals surface area (Å²) in [6.45, 7) is 2.46. The second kappa shape index (κ2) is 11.2. The van der Waals surface area contributed by atoms with Crippen molar-refractivity contribution in [1.29, 1.82) is 0 Å². The standard InChI is InChI=1S/C27H27F5N4O6S2/c1-26(2)24(37)35(20-11-12-22(29)21(14-20)27(30,31)32)25(38)34(26)15-16-5-6-17(28)13-23(16)33-18-7-9-19(10-8-18)36(43(3,39)40)44(4,41)42/h5-7,9-14,18,33H,8,15H2,1-4H3. The maximum atomic E-state index is 14.3. The molecule has 1 unspecified atom stereocenters. The van der Waals surface area contributed by atoms with Gasteiger partial charge in [-0.05, 0) is 62.2 Å². The molecule has 10 nitrogen and oxygen atoms in total. The molecule has 4 rings (SSSR count). The molecule has 1 N–H and O–H groups in total. The summed E-state index contributed by atoms with van der Waals surface area (Å²) in [5.74, 6) is -3.10. The third-order valence-electron chi connectivity index (χ3n) is 6.97. The molecular weight excluding hydrogens is 635 g/mol. The third kappa shape index (κ3) is 6.43. The number of alkyl halides is 3. The summed E-state index contributed by atoms with van der Waals surface area (Å²) < 4.78 is 117. The van der Waals surface area contributed by atoms with E-state index >= 15 is 0 Å². The van der Waals surface area contributed by atoms with Crippen molar-refractivity contribution in [2.75, 3.05) is 22.7 Å². The van der Waals surface area contributed by atoms with Crippen molar-refractivity contribution in [1.82, 2.24) is 8.61 Å². The molecule has 2 aromatic rings. The summed E-state index contributed by atoms with van der Waals surface area (Å²) >= 11 is 0. The van der Waals surface area contributed by atoms with Crippen molar-refractivity contribution >= 4 is 43.4 Å². The van der Waals surface area contributed by atoms with Crippen LogP contribution in [-0.4, -0.2) is 61.5 Å². The van der Waals surface area contributed by atoms with Gasteiger partial charge in [0.1, 0.15) is 17.2 Å². The lowest BCUT2D eigenvalue weighted by Crippen LogP contribution is -2.43. The Morgan fingerprint density at radius 1 is 1.00 bits per heavy atom. The number of nitrogens with zero attached hydrogens (tertiary/aromatic N) is 3. The number of hydrogen-bond acceptors (Lipinski definition) is 7. The Bertz CT molecular complexity index is 1770. The second-order valence-electron chi connectivity index (χ2n) is 10.7. The molecule has 238 valence electrons. The molecule has 1 atom stereocenters. The van der Waals surface area contributed by atoms with Gasteiger partial charge in [0.25, 0.3) is 5.91 Å². The van der Waals surface area contributed by atoms with Gasteiger partial charge in [-0.15, -0.1) is 0 Å². The van der Waals surface area contributed by atoms with E-state index in [1.54, 1.807) is 0 Å². The SMILES string of the molecule is CC1(C)C(=O)N(c2ccc(F)c(C(F)(F)F)c2)C(=O)N1Cc1ccc(F)cc1NC1C=CC(N(S(C)(=O)=O)S(C)(=O)=O)=CC1. The zero-order valence-electron chi connectivity index (χ0n) is 23.7. The molecule has 17 heteroatoms. The lowest BCUT2D eigenvalue weighted by Gasteiger charge is -2.29. The number of urea groups is 1. The zero-order valence-corrected chi connectivity index (χ0v) is 25.3. The van der Waals surface area contributed by atoms with Gasteiger partial charge in [-0.2, -0.15) is 16.9 Å². The van der Waals surface area contributed by atoms with Crippen LogP contribution in [0.5, 0.6) is 0 Å². The van der Waals surface area contributed by atoms with Gasteiger partial charge >= 0.3 is 12.2 Å². The summed E-state index contributed by atoms with van der Waals surface area (Å²) in [6.07, 6.45) is 0.582. The van der Waals surface area contributed by atoms with Gasteiger partial charge in [-0.3, -0.25) is 4.79 Å². The number of carbonyl (C=O) groups excluding carboxylic acids is 2. The highest BCUT2D eigenvalue weighted by atomic mass is 32.3. The van der Waals surface area contributed by atoms with Crippen LogP contribution in [0.15, 0.2) is 60.3 Å². The minimum Gasteiger partial charge on any atom is -0.378 e. The Kier molecular flexibility index (Phi) is 8.36. The predicted octanol–water partition coefficient (Wildman–Crippen LogP) is 4.58. The van der Waals surface area contributed by atoms with Crippen LogP contribution in [0.3, 0.4) is 0 Å². The lowest BCUT2D eigenvalue weighted by molar-refractivity contribution is -0.140. The first-order chi connectivity index (χ1) is 20.1. The summed E-state index contributed by atoms with van der Waals surface area (Å²) in [6, 6.07) is 3.77. The number of anilines is 2. The van der Waals surface area contributed by atoms with Crippen LogP contribution in [0.1, 0.15) is 31.4 Å². The van der Waals surface area contributed by atoms with Gasteiger partial charge in [0.05, 0.1) is 36.0 Å². The van der Waals surface area contributed by atoms with Gasteiger partial charge in [-0.1, -0.05) is 18.2 Å². The highest BCUT2D eigenvalue weighted by Crippen LogP contribution is 2.38. The molecule has 1 aliphatic carbocycles. The number of sulfonamides is 2. The number of rotatable bonds is 8. The molecule has 1 fully saturated rings. The molecule has 2 aliphatic rings. The fourth-order valence-corrected chi connectivity index (χ4v) is 7.87. The first-order valence-electron chi connectivity index (χ1n) is 12.8. The number of hydrogen-bond donors (Lipinski definition) is 1. The normalized spacial score (nSPS) is 18.9. The Hall–Kier alpha value is -3.99. The number of benzene rings is 2. The molecule has 2 aromatic carbocycles. The average Bonchev–Trinajstić information content (AvgIpc) is 3.03. The molecule has 1 aliphatic heterocycles. The molecule has 1 saturated heterocycles. The van der Waals surface area contributed by atoms with Crippen LogP contribution in [0.2, 0.25) is 0 Å². The van der Waals surface area contributed by atoms with E-state index in [1.807, 2.05) is 0 Å². The monoisotopic (exact) mass is 662 g/mol. The average molecular weight is 663 g/mol. The van der Waals surface area contributed by atoms with Crippen LogP contribution in [0.25, 0.3) is 0 Å². The molecule has 44 heavy (non-hydrogen) atoms. The highest BCUT2D eigenvalue weighted by Gasteiger charge is 2.52. The number of amides is 3. The fourth-order valence-electron chi connectivity index (χ4n) is 4.87. The maximum Gasteiger partial charge on any atom is 0.419 e. The molecule has 3 amide bonds. The molecule has 0 spiro atoms. The Morgan fingerprint density at radius 3 is 2.18 bits per heavy atom. The van der Waals surface area contributed by atoms with Crippen LogP contribution in [0.4, 0.5) is 38.1 Å². The van der Waals surface area contributed by atoms with Gasteiger partial charge in [0.15, 0.2) is 0 Å². The van der Waals surface area contributed by atoms with Crippen molar-refractivity contribution in [3.05, 3.63) is 83.1 Å². The topological polar surface area (TPSA) is 124 Å². The maximum absolute atomic E-state index is 14.3. The number of nitrogens with one attached hydrogen (secondary N) is 1. The van der Waals surface area contributed by atoms with Gasteiger partial charge in [-0.25, -0.2) is 35.3 Å². The summed E-state index contributed by atoms with van der Waals surface area (Å²) in [5, 5.41) is 3.04. The minimum absolute atomic E-state index is 0.0792. The number of allylic oxidation sites excluding steroid dienone is 1. The highest BCUT2D eigenvalue weighted by molar-refractivity contribution is 8.03. The predicted molar refractivity (Wildman–Crippen MR) is 151 cm³/mol. The van der Waals surface area contributed by atoms with Gasteiger partial charge in [0, 0.05) is 11.7 Å². The summed E-state index contributed by atoms with van der Waals surface area (Å²) in [4.78, 5) is 28.3. The molecule has 0 saturated carbocycles. The Balaban J connectivity index is 1.61. The first-order valence-corrected chi connectivity index (χ1v) is 16.5. The zero-order chi connectivity index (χ0) is 33.0. The van der Waals surface area contributed by atoms with E-state index in [0.29, 0.717) is 22.6 Å². The number of imide groups is 1. The van der Waals surface area contributed by atoms with E-state index in [4.69, 9.17) is 0 Å². The van der Waals surface area contributed by atoms with Gasteiger partial charge in [0.2, 0.25) is 20.0 Å². The van der Waals surface area contributed by atoms with E-state index in [-0.39, 0.29) is 28.1 Å². The number of carbonyl (C=O) groups is 2.